The summed E-state index contributed by atoms with van der Waals surface area (Å²) in [5.41, 5.74) is -0.627. The molecule has 7 heteroatoms. The van der Waals surface area contributed by atoms with Crippen LogP contribution < -0.4 is 5.32 Å². The van der Waals surface area contributed by atoms with E-state index in [2.05, 4.69) is 5.32 Å². The summed E-state index contributed by atoms with van der Waals surface area (Å²) in [7, 11) is 0. The molecule has 3 N–H and O–H groups in total. The Labute approximate surface area is 135 Å². The van der Waals surface area contributed by atoms with E-state index in [-0.39, 0.29) is 17.5 Å². The van der Waals surface area contributed by atoms with Crippen molar-refractivity contribution in [3.05, 3.63) is 11.6 Å². The third-order valence-corrected chi connectivity index (χ3v) is 3.55. The molecule has 0 aliphatic heterocycles. The number of allylic oxidation sites excluding steroid dienone is 1. The number of carboxylic acid groups (broad SMARTS) is 2. The van der Waals surface area contributed by atoms with Crippen LogP contribution in [0.4, 0.5) is 4.79 Å². The molecule has 0 saturated heterocycles. The molecule has 1 aliphatic rings. The van der Waals surface area contributed by atoms with E-state index in [1.807, 2.05) is 0 Å². The highest BCUT2D eigenvalue weighted by molar-refractivity contribution is 5.92. The summed E-state index contributed by atoms with van der Waals surface area (Å²) in [6.07, 6.45) is 3.44. The number of amides is 1. The van der Waals surface area contributed by atoms with Crippen molar-refractivity contribution < 1.29 is 29.3 Å². The van der Waals surface area contributed by atoms with Crippen molar-refractivity contribution in [2.75, 3.05) is 0 Å². The second-order valence-corrected chi connectivity index (χ2v) is 6.83. The number of hydrogen-bond donors (Lipinski definition) is 3. The number of nitrogens with one attached hydrogen (secondary N) is 1. The number of carboxylic acids is 2. The number of carbonyl (C=O) groups excluding carboxylic acids is 1. The van der Waals surface area contributed by atoms with Crippen molar-refractivity contribution in [3.63, 3.8) is 0 Å². The largest absolute Gasteiger partial charge is 0.481 e. The van der Waals surface area contributed by atoms with Crippen LogP contribution in [0, 0.1) is 5.92 Å². The smallest absolute Gasteiger partial charge is 0.407 e. The molecule has 0 radical (unpaired) electrons. The minimum absolute atomic E-state index is 0.00209. The summed E-state index contributed by atoms with van der Waals surface area (Å²) in [5.74, 6) is -2.32. The molecule has 0 aromatic heterocycles. The van der Waals surface area contributed by atoms with Gasteiger partial charge in [0, 0.05) is 11.6 Å². The molecule has 1 rings (SSSR count). The van der Waals surface area contributed by atoms with Crippen LogP contribution in [0.1, 0.15) is 52.9 Å². The zero-order chi connectivity index (χ0) is 17.6. The lowest BCUT2D eigenvalue weighted by Crippen LogP contribution is -2.40. The Hall–Kier alpha value is -2.05. The summed E-state index contributed by atoms with van der Waals surface area (Å²) >= 11 is 0. The van der Waals surface area contributed by atoms with Crippen molar-refractivity contribution >= 4 is 18.0 Å². The highest BCUT2D eigenvalue weighted by Gasteiger charge is 2.25. The van der Waals surface area contributed by atoms with Crippen LogP contribution in [-0.4, -0.2) is 39.9 Å². The summed E-state index contributed by atoms with van der Waals surface area (Å²) < 4.78 is 5.20. The van der Waals surface area contributed by atoms with Crippen LogP contribution in [0.3, 0.4) is 0 Å². The molecule has 1 amide bonds. The summed E-state index contributed by atoms with van der Waals surface area (Å²) in [5, 5.41) is 20.6. The lowest BCUT2D eigenvalue weighted by Gasteiger charge is -2.29. The van der Waals surface area contributed by atoms with E-state index < -0.39 is 30.1 Å². The molecule has 1 fully saturated rings. The third-order valence-electron chi connectivity index (χ3n) is 3.55. The van der Waals surface area contributed by atoms with Gasteiger partial charge in [-0.25, -0.2) is 9.59 Å². The number of aliphatic carboxylic acids is 2. The first-order chi connectivity index (χ1) is 10.6. The van der Waals surface area contributed by atoms with Gasteiger partial charge in [0.1, 0.15) is 5.60 Å². The molecule has 130 valence electrons. The van der Waals surface area contributed by atoms with Gasteiger partial charge >= 0.3 is 18.0 Å². The van der Waals surface area contributed by atoms with Gasteiger partial charge in [0.15, 0.2) is 0 Å². The van der Waals surface area contributed by atoms with Crippen molar-refractivity contribution in [1.82, 2.24) is 5.32 Å². The highest BCUT2D eigenvalue weighted by atomic mass is 16.6. The van der Waals surface area contributed by atoms with Crippen molar-refractivity contribution in [2.24, 2.45) is 5.92 Å². The number of alkyl carbamates (subject to hydrolysis) is 1. The minimum atomic E-state index is -1.19. The van der Waals surface area contributed by atoms with Gasteiger partial charge in [-0.05, 0) is 52.4 Å². The molecule has 0 heterocycles. The van der Waals surface area contributed by atoms with Crippen LogP contribution in [-0.2, 0) is 14.3 Å². The molecular formula is C16H25NO6. The summed E-state index contributed by atoms with van der Waals surface area (Å²) in [6, 6.07) is 0.00209. The van der Waals surface area contributed by atoms with Crippen LogP contribution in [0.15, 0.2) is 11.6 Å². The SMILES string of the molecule is CC(C)(C)OC(=O)NC1CCC(C=C(CC(=O)O)C(=O)O)CC1. The monoisotopic (exact) mass is 327 g/mol. The Morgan fingerprint density at radius 2 is 1.70 bits per heavy atom. The van der Waals surface area contributed by atoms with E-state index in [1.54, 1.807) is 26.8 Å². The maximum absolute atomic E-state index is 11.7. The fraction of sp³-hybridized carbons (Fsp3) is 0.688. The first-order valence-electron chi connectivity index (χ1n) is 7.72. The lowest BCUT2D eigenvalue weighted by molar-refractivity contribution is -0.139. The van der Waals surface area contributed by atoms with E-state index in [1.165, 1.54) is 0 Å². The fourth-order valence-electron chi connectivity index (χ4n) is 2.56. The van der Waals surface area contributed by atoms with Crippen molar-refractivity contribution in [3.8, 4) is 0 Å². The Morgan fingerprint density at radius 3 is 2.13 bits per heavy atom. The topological polar surface area (TPSA) is 113 Å². The molecule has 0 aromatic carbocycles. The lowest BCUT2D eigenvalue weighted by atomic mass is 9.84. The van der Waals surface area contributed by atoms with Gasteiger partial charge in [0.25, 0.3) is 0 Å². The quantitative estimate of drug-likeness (QED) is 0.669. The molecule has 0 unspecified atom stereocenters. The molecular weight excluding hydrogens is 302 g/mol. The Bertz CT molecular complexity index is 483. The molecule has 0 aromatic rings. The Morgan fingerprint density at radius 1 is 1.13 bits per heavy atom. The number of carbonyl (C=O) groups is 3. The van der Waals surface area contributed by atoms with Crippen molar-refractivity contribution in [2.45, 2.75) is 64.5 Å². The Balaban J connectivity index is 2.50. The minimum Gasteiger partial charge on any atom is -0.481 e. The average Bonchev–Trinajstić information content (AvgIpc) is 2.37. The average molecular weight is 327 g/mol. The van der Waals surface area contributed by atoms with Gasteiger partial charge in [-0.15, -0.1) is 0 Å². The third kappa shape index (κ3) is 7.67. The first kappa shape index (κ1) is 19.0. The standard InChI is InChI=1S/C16H25NO6/c1-16(2,3)23-15(22)17-12-6-4-10(5-7-12)8-11(14(20)21)9-13(18)19/h8,10,12H,4-7,9H2,1-3H3,(H,17,22)(H,18,19)(H,20,21). The van der Waals surface area contributed by atoms with Gasteiger partial charge in [0.05, 0.1) is 6.42 Å². The molecule has 7 nitrogen and oxygen atoms in total. The van der Waals surface area contributed by atoms with Gasteiger partial charge in [-0.3, -0.25) is 4.79 Å². The van der Waals surface area contributed by atoms with Crippen LogP contribution in [0.2, 0.25) is 0 Å². The number of hydrogen-bond acceptors (Lipinski definition) is 4. The molecule has 1 saturated carbocycles. The van der Waals surface area contributed by atoms with Gasteiger partial charge in [-0.2, -0.15) is 0 Å². The van der Waals surface area contributed by atoms with E-state index in [4.69, 9.17) is 14.9 Å². The van der Waals surface area contributed by atoms with Gasteiger partial charge in [-0.1, -0.05) is 6.08 Å². The fourth-order valence-corrected chi connectivity index (χ4v) is 2.56. The van der Waals surface area contributed by atoms with E-state index >= 15 is 0 Å². The Kier molecular flexibility index (Phi) is 6.60. The second kappa shape index (κ2) is 7.99. The first-order valence-corrected chi connectivity index (χ1v) is 7.72. The zero-order valence-corrected chi connectivity index (χ0v) is 13.8. The molecule has 0 spiro atoms. The summed E-state index contributed by atoms with van der Waals surface area (Å²) in [4.78, 5) is 33.4. The van der Waals surface area contributed by atoms with Gasteiger partial charge < -0.3 is 20.3 Å². The number of rotatable bonds is 5. The van der Waals surface area contributed by atoms with E-state index in [0.29, 0.717) is 25.7 Å². The molecule has 0 bridgehead atoms. The predicted molar refractivity (Wildman–Crippen MR) is 83.1 cm³/mol. The van der Waals surface area contributed by atoms with E-state index in [9.17, 15) is 14.4 Å². The molecule has 23 heavy (non-hydrogen) atoms. The van der Waals surface area contributed by atoms with Crippen molar-refractivity contribution in [1.29, 1.82) is 0 Å². The molecule has 1 aliphatic carbocycles. The van der Waals surface area contributed by atoms with Crippen LogP contribution in [0.5, 0.6) is 0 Å². The van der Waals surface area contributed by atoms with Crippen LogP contribution in [0.25, 0.3) is 0 Å². The molecule has 0 atom stereocenters. The van der Waals surface area contributed by atoms with E-state index in [0.717, 1.165) is 0 Å². The van der Waals surface area contributed by atoms with Gasteiger partial charge in [0.2, 0.25) is 0 Å². The normalized spacial score (nSPS) is 22.3. The highest BCUT2D eigenvalue weighted by Crippen LogP contribution is 2.27. The zero-order valence-electron chi connectivity index (χ0n) is 13.8. The predicted octanol–water partition coefficient (Wildman–Crippen LogP) is 2.56. The summed E-state index contributed by atoms with van der Waals surface area (Å²) in [6.45, 7) is 5.39. The number of ether oxygens (including phenoxy) is 1. The maximum Gasteiger partial charge on any atom is 0.407 e. The second-order valence-electron chi connectivity index (χ2n) is 6.83. The van der Waals surface area contributed by atoms with Crippen LogP contribution >= 0.6 is 0 Å². The maximum atomic E-state index is 11.7.